The first-order valence-electron chi connectivity index (χ1n) is 5.70. The van der Waals surface area contributed by atoms with Crippen LogP contribution in [0.15, 0.2) is 39.3 Å². The van der Waals surface area contributed by atoms with Crippen molar-refractivity contribution in [3.8, 4) is 0 Å². The van der Waals surface area contributed by atoms with E-state index in [1.165, 1.54) is 18.2 Å². The van der Waals surface area contributed by atoms with Gasteiger partial charge in [0.1, 0.15) is 5.82 Å². The predicted octanol–water partition coefficient (Wildman–Crippen LogP) is 4.49. The van der Waals surface area contributed by atoms with Crippen LogP contribution in [0.5, 0.6) is 0 Å². The quantitative estimate of drug-likeness (QED) is 0.728. The summed E-state index contributed by atoms with van der Waals surface area (Å²) in [5, 5.41) is 2.71. The highest BCUT2D eigenvalue weighted by atomic mass is 79.9. The number of amides is 1. The molecule has 0 aromatic heterocycles. The van der Waals surface area contributed by atoms with Crippen LogP contribution in [0.2, 0.25) is 0 Å². The smallest absolute Gasteiger partial charge is 0.256 e. The van der Waals surface area contributed by atoms with Gasteiger partial charge in [-0.3, -0.25) is 4.79 Å². The summed E-state index contributed by atoms with van der Waals surface area (Å²) < 4.78 is 14.2. The van der Waals surface area contributed by atoms with E-state index in [0.29, 0.717) is 27.0 Å². The Balaban J connectivity index is 2.30. The summed E-state index contributed by atoms with van der Waals surface area (Å²) in [6.45, 7) is 1.78. The van der Waals surface area contributed by atoms with Crippen molar-refractivity contribution in [3.05, 3.63) is 56.2 Å². The number of hydrogen-bond donors (Lipinski definition) is 2. The lowest BCUT2D eigenvalue weighted by Crippen LogP contribution is -2.14. The van der Waals surface area contributed by atoms with Crippen molar-refractivity contribution >= 4 is 49.1 Å². The van der Waals surface area contributed by atoms with Crippen molar-refractivity contribution < 1.29 is 9.18 Å². The van der Waals surface area contributed by atoms with Gasteiger partial charge in [0, 0.05) is 21.4 Å². The Morgan fingerprint density at radius 2 is 1.95 bits per heavy atom. The molecule has 0 heterocycles. The normalized spacial score (nSPS) is 10.4. The zero-order valence-electron chi connectivity index (χ0n) is 10.5. The van der Waals surface area contributed by atoms with Crippen molar-refractivity contribution in [1.82, 2.24) is 0 Å². The Morgan fingerprint density at radius 3 is 2.60 bits per heavy atom. The number of halogens is 3. The minimum atomic E-state index is -0.383. The van der Waals surface area contributed by atoms with Crippen LogP contribution >= 0.6 is 31.9 Å². The first-order chi connectivity index (χ1) is 9.38. The van der Waals surface area contributed by atoms with Gasteiger partial charge < -0.3 is 11.1 Å². The number of rotatable bonds is 2. The van der Waals surface area contributed by atoms with E-state index in [2.05, 4.69) is 37.2 Å². The molecule has 3 N–H and O–H groups in total. The molecule has 0 bridgehead atoms. The highest BCUT2D eigenvalue weighted by Crippen LogP contribution is 2.25. The van der Waals surface area contributed by atoms with E-state index in [4.69, 9.17) is 5.73 Å². The van der Waals surface area contributed by atoms with Crippen molar-refractivity contribution in [2.24, 2.45) is 0 Å². The first kappa shape index (κ1) is 15.0. The monoisotopic (exact) mass is 400 g/mol. The number of nitrogens with two attached hydrogens (primary N) is 1. The van der Waals surface area contributed by atoms with Gasteiger partial charge in [0.15, 0.2) is 0 Å². The highest BCUT2D eigenvalue weighted by Gasteiger charge is 2.13. The fourth-order valence-corrected chi connectivity index (χ4v) is 2.56. The number of nitrogens with one attached hydrogen (secondary N) is 1. The van der Waals surface area contributed by atoms with Crippen LogP contribution in [-0.4, -0.2) is 5.91 Å². The van der Waals surface area contributed by atoms with Gasteiger partial charge in [-0.1, -0.05) is 15.9 Å². The van der Waals surface area contributed by atoms with Gasteiger partial charge in [-0.25, -0.2) is 4.39 Å². The van der Waals surface area contributed by atoms with E-state index < -0.39 is 0 Å². The molecular weight excluding hydrogens is 391 g/mol. The van der Waals surface area contributed by atoms with Crippen LogP contribution in [0.3, 0.4) is 0 Å². The summed E-state index contributed by atoms with van der Waals surface area (Å²) in [4.78, 5) is 12.2. The van der Waals surface area contributed by atoms with Crippen molar-refractivity contribution in [2.45, 2.75) is 6.92 Å². The zero-order chi connectivity index (χ0) is 14.9. The van der Waals surface area contributed by atoms with Crippen LogP contribution in [0.25, 0.3) is 0 Å². The molecule has 6 heteroatoms. The second-order valence-corrected chi connectivity index (χ2v) is 6.02. The molecule has 0 aliphatic carbocycles. The number of hydrogen-bond acceptors (Lipinski definition) is 2. The van der Waals surface area contributed by atoms with Crippen LogP contribution in [-0.2, 0) is 0 Å². The third kappa shape index (κ3) is 3.19. The maximum absolute atomic E-state index is 13.1. The summed E-state index contributed by atoms with van der Waals surface area (Å²) in [6, 6.07) is 7.71. The summed E-state index contributed by atoms with van der Waals surface area (Å²) in [5.74, 6) is -0.681. The summed E-state index contributed by atoms with van der Waals surface area (Å²) in [5.41, 5.74) is 8.03. The van der Waals surface area contributed by atoms with Crippen molar-refractivity contribution in [1.29, 1.82) is 0 Å². The van der Waals surface area contributed by atoms with Gasteiger partial charge in [-0.15, -0.1) is 0 Å². The number of carbonyl (C=O) groups excluding carboxylic acids is 1. The maximum atomic E-state index is 13.1. The minimum absolute atomic E-state index is 0.292. The maximum Gasteiger partial charge on any atom is 0.256 e. The molecule has 104 valence electrons. The zero-order valence-corrected chi connectivity index (χ0v) is 13.7. The third-order valence-electron chi connectivity index (χ3n) is 2.83. The number of nitrogen functional groups attached to an aromatic ring is 1. The molecule has 20 heavy (non-hydrogen) atoms. The predicted molar refractivity (Wildman–Crippen MR) is 85.3 cm³/mol. The largest absolute Gasteiger partial charge is 0.398 e. The highest BCUT2D eigenvalue weighted by molar-refractivity contribution is 9.10. The molecule has 0 saturated heterocycles. The average Bonchev–Trinajstić information content (AvgIpc) is 2.38. The summed E-state index contributed by atoms with van der Waals surface area (Å²) in [7, 11) is 0. The van der Waals surface area contributed by atoms with E-state index in [1.54, 1.807) is 19.1 Å². The second kappa shape index (κ2) is 5.93. The van der Waals surface area contributed by atoms with E-state index in [1.807, 2.05) is 0 Å². The number of anilines is 2. The first-order valence-corrected chi connectivity index (χ1v) is 7.29. The molecule has 1 amide bonds. The van der Waals surface area contributed by atoms with Gasteiger partial charge in [-0.05, 0) is 58.7 Å². The SMILES string of the molecule is Cc1c(N)cc(Br)cc1C(=O)Nc1ccc(F)c(Br)c1. The Hall–Kier alpha value is -1.40. The molecule has 2 aromatic carbocycles. The second-order valence-electron chi connectivity index (χ2n) is 4.25. The van der Waals surface area contributed by atoms with E-state index >= 15 is 0 Å². The number of benzene rings is 2. The molecular formula is C14H11Br2FN2O. The van der Waals surface area contributed by atoms with E-state index in [0.717, 1.165) is 4.47 Å². The molecule has 0 aliphatic heterocycles. The topological polar surface area (TPSA) is 55.1 Å². The summed E-state index contributed by atoms with van der Waals surface area (Å²) in [6.07, 6.45) is 0. The van der Waals surface area contributed by atoms with Gasteiger partial charge in [0.25, 0.3) is 5.91 Å². The molecule has 2 rings (SSSR count). The molecule has 0 unspecified atom stereocenters. The molecule has 2 aromatic rings. The Morgan fingerprint density at radius 1 is 1.25 bits per heavy atom. The van der Waals surface area contributed by atoms with Gasteiger partial charge in [-0.2, -0.15) is 0 Å². The van der Waals surface area contributed by atoms with Crippen LogP contribution < -0.4 is 11.1 Å². The van der Waals surface area contributed by atoms with Gasteiger partial charge >= 0.3 is 0 Å². The van der Waals surface area contributed by atoms with Crippen molar-refractivity contribution in [3.63, 3.8) is 0 Å². The molecule has 3 nitrogen and oxygen atoms in total. The average molecular weight is 402 g/mol. The molecule has 0 saturated carbocycles. The van der Waals surface area contributed by atoms with Crippen LogP contribution in [0, 0.1) is 12.7 Å². The minimum Gasteiger partial charge on any atom is -0.398 e. The number of carbonyl (C=O) groups is 1. The Kier molecular flexibility index (Phi) is 4.45. The van der Waals surface area contributed by atoms with Crippen molar-refractivity contribution in [2.75, 3.05) is 11.1 Å². The van der Waals surface area contributed by atoms with Crippen LogP contribution in [0.4, 0.5) is 15.8 Å². The molecule has 0 radical (unpaired) electrons. The summed E-state index contributed by atoms with van der Waals surface area (Å²) >= 11 is 6.38. The lowest BCUT2D eigenvalue weighted by Gasteiger charge is -2.11. The van der Waals surface area contributed by atoms with Crippen LogP contribution in [0.1, 0.15) is 15.9 Å². The third-order valence-corrected chi connectivity index (χ3v) is 3.90. The molecule has 0 aliphatic rings. The fourth-order valence-electron chi connectivity index (χ4n) is 1.71. The standard InChI is InChI=1S/C14H11Br2FN2O/c1-7-10(4-8(15)5-13(7)18)14(20)19-9-2-3-12(17)11(16)6-9/h2-6H,18H2,1H3,(H,19,20). The molecule has 0 fully saturated rings. The van der Waals surface area contributed by atoms with Gasteiger partial charge in [0.05, 0.1) is 4.47 Å². The van der Waals surface area contributed by atoms with E-state index in [9.17, 15) is 9.18 Å². The Labute approximate surface area is 132 Å². The van der Waals surface area contributed by atoms with Gasteiger partial charge in [0.2, 0.25) is 0 Å². The fraction of sp³-hybridized carbons (Fsp3) is 0.0714. The lowest BCUT2D eigenvalue weighted by atomic mass is 10.1. The Bertz CT molecular complexity index is 689. The lowest BCUT2D eigenvalue weighted by molar-refractivity contribution is 0.102. The molecule has 0 spiro atoms. The van der Waals surface area contributed by atoms with E-state index in [-0.39, 0.29) is 11.7 Å². The molecule has 0 atom stereocenters.